The molecule has 1 heteroatoms. The number of nitrogen functional groups attached to an aromatic ring is 1. The van der Waals surface area contributed by atoms with Crippen molar-refractivity contribution in [3.63, 3.8) is 0 Å². The van der Waals surface area contributed by atoms with E-state index in [9.17, 15) is 0 Å². The zero-order chi connectivity index (χ0) is 16.7. The quantitative estimate of drug-likeness (QED) is 0.624. The Morgan fingerprint density at radius 1 is 0.652 bits per heavy atom. The van der Waals surface area contributed by atoms with E-state index in [0.29, 0.717) is 0 Å². The predicted molar refractivity (Wildman–Crippen MR) is 101 cm³/mol. The highest BCUT2D eigenvalue weighted by Gasteiger charge is 1.97. The van der Waals surface area contributed by atoms with Crippen molar-refractivity contribution in [3.8, 4) is 0 Å². The molecule has 1 nitrogen and oxygen atoms in total. The van der Waals surface area contributed by atoms with E-state index in [1.807, 2.05) is 13.8 Å². The van der Waals surface area contributed by atoms with E-state index in [1.54, 1.807) is 0 Å². The first kappa shape index (κ1) is 16.8. The first-order valence-corrected chi connectivity index (χ1v) is 7.97. The lowest BCUT2D eigenvalue weighted by molar-refractivity contribution is 1.19. The Morgan fingerprint density at radius 3 is 1.43 bits per heavy atom. The molecule has 23 heavy (non-hydrogen) atoms. The average Bonchev–Trinajstić information content (AvgIpc) is 2.55. The number of hydrogen-bond acceptors (Lipinski definition) is 1. The van der Waals surface area contributed by atoms with E-state index in [1.165, 1.54) is 27.8 Å². The Bertz CT molecular complexity index is 670. The van der Waals surface area contributed by atoms with Crippen molar-refractivity contribution >= 4 is 5.69 Å². The molecule has 0 radical (unpaired) electrons. The van der Waals surface area contributed by atoms with Crippen LogP contribution in [0.3, 0.4) is 0 Å². The van der Waals surface area contributed by atoms with Crippen molar-refractivity contribution in [2.75, 3.05) is 5.73 Å². The van der Waals surface area contributed by atoms with Crippen molar-refractivity contribution in [2.24, 2.45) is 0 Å². The monoisotopic (exact) mass is 303 g/mol. The van der Waals surface area contributed by atoms with E-state index in [-0.39, 0.29) is 0 Å². The molecule has 0 aromatic heterocycles. The van der Waals surface area contributed by atoms with Gasteiger partial charge >= 0.3 is 0 Å². The van der Waals surface area contributed by atoms with Gasteiger partial charge in [0.25, 0.3) is 0 Å². The van der Waals surface area contributed by atoms with Gasteiger partial charge in [0.2, 0.25) is 0 Å². The number of aryl methyl sites for hydroxylation is 3. The number of nitrogens with two attached hydrogens (primary N) is 1. The van der Waals surface area contributed by atoms with E-state index in [0.717, 1.165) is 12.1 Å². The lowest BCUT2D eigenvalue weighted by Crippen LogP contribution is -1.93. The zero-order valence-corrected chi connectivity index (χ0v) is 14.2. The SMILES string of the molecule is Cc1cc(C)c(N)c(C)c1.c1ccc(Cc2ccccc2)cc1. The van der Waals surface area contributed by atoms with Crippen LogP contribution < -0.4 is 5.73 Å². The molecular weight excluding hydrogens is 278 g/mol. The molecule has 118 valence electrons. The topological polar surface area (TPSA) is 26.0 Å². The van der Waals surface area contributed by atoms with Gasteiger partial charge in [-0.15, -0.1) is 0 Å². The molecule has 0 atom stereocenters. The summed E-state index contributed by atoms with van der Waals surface area (Å²) in [6, 6.07) is 25.3. The molecule has 0 heterocycles. The molecule has 0 saturated carbocycles. The Labute approximate surface area is 139 Å². The molecule has 0 amide bonds. The minimum absolute atomic E-state index is 0.922. The zero-order valence-electron chi connectivity index (χ0n) is 14.2. The third kappa shape index (κ3) is 5.30. The summed E-state index contributed by atoms with van der Waals surface area (Å²) >= 11 is 0. The summed E-state index contributed by atoms with van der Waals surface area (Å²) in [5.41, 5.74) is 13.0. The van der Waals surface area contributed by atoms with Crippen molar-refractivity contribution in [3.05, 3.63) is 101 Å². The molecule has 0 aliphatic heterocycles. The molecule has 3 aromatic rings. The third-order valence-electron chi connectivity index (χ3n) is 3.83. The smallest absolute Gasteiger partial charge is 0.0373 e. The fourth-order valence-corrected chi connectivity index (χ4v) is 2.62. The van der Waals surface area contributed by atoms with Crippen molar-refractivity contribution in [1.82, 2.24) is 0 Å². The normalized spacial score (nSPS) is 9.87. The van der Waals surface area contributed by atoms with Crippen LogP contribution in [0.2, 0.25) is 0 Å². The summed E-state index contributed by atoms with van der Waals surface area (Å²) in [5, 5.41) is 0. The lowest BCUT2D eigenvalue weighted by atomic mass is 10.1. The molecule has 0 aliphatic rings. The predicted octanol–water partition coefficient (Wildman–Crippen LogP) is 5.47. The van der Waals surface area contributed by atoms with Gasteiger partial charge in [-0.25, -0.2) is 0 Å². The molecule has 3 rings (SSSR count). The van der Waals surface area contributed by atoms with Gasteiger partial charge in [0.1, 0.15) is 0 Å². The maximum Gasteiger partial charge on any atom is 0.0373 e. The minimum Gasteiger partial charge on any atom is -0.398 e. The standard InChI is InChI=1S/C13H12.C9H13N/c1-3-7-12(8-4-1)11-13-9-5-2-6-10-13;1-6-4-7(2)9(10)8(3)5-6/h1-10H,11H2;4-5H,10H2,1-3H3. The summed E-state index contributed by atoms with van der Waals surface area (Å²) in [4.78, 5) is 0. The van der Waals surface area contributed by atoms with Crippen LogP contribution in [0.15, 0.2) is 72.8 Å². The van der Waals surface area contributed by atoms with Crippen LogP contribution in [-0.2, 0) is 6.42 Å². The van der Waals surface area contributed by atoms with Crippen LogP contribution in [0.4, 0.5) is 5.69 Å². The molecule has 0 aliphatic carbocycles. The molecule has 0 spiro atoms. The summed E-state index contributed by atoms with van der Waals surface area (Å²) in [6.45, 7) is 6.16. The average molecular weight is 303 g/mol. The third-order valence-corrected chi connectivity index (χ3v) is 3.83. The minimum atomic E-state index is 0.922. The fraction of sp³-hybridized carbons (Fsp3) is 0.182. The number of rotatable bonds is 2. The van der Waals surface area contributed by atoms with Gasteiger partial charge < -0.3 is 5.73 Å². The molecule has 0 bridgehead atoms. The van der Waals surface area contributed by atoms with E-state index in [4.69, 9.17) is 5.73 Å². The molecule has 0 fully saturated rings. The highest BCUT2D eigenvalue weighted by atomic mass is 14.6. The highest BCUT2D eigenvalue weighted by Crippen LogP contribution is 2.17. The van der Waals surface area contributed by atoms with Gasteiger partial charge in [-0.2, -0.15) is 0 Å². The molecule has 0 unspecified atom stereocenters. The van der Waals surface area contributed by atoms with Crippen molar-refractivity contribution in [1.29, 1.82) is 0 Å². The van der Waals surface area contributed by atoms with Gasteiger partial charge in [0.15, 0.2) is 0 Å². The van der Waals surface area contributed by atoms with E-state index in [2.05, 4.69) is 79.7 Å². The summed E-state index contributed by atoms with van der Waals surface area (Å²) in [7, 11) is 0. The summed E-state index contributed by atoms with van der Waals surface area (Å²) in [5.74, 6) is 0. The molecule has 0 saturated heterocycles. The second kappa shape index (κ2) is 8.19. The number of hydrogen-bond donors (Lipinski definition) is 1. The van der Waals surface area contributed by atoms with Gasteiger partial charge in [0, 0.05) is 5.69 Å². The maximum atomic E-state index is 5.75. The van der Waals surface area contributed by atoms with Gasteiger partial charge in [-0.05, 0) is 49.4 Å². The number of benzene rings is 3. The first-order valence-electron chi connectivity index (χ1n) is 7.97. The Kier molecular flexibility index (Phi) is 5.99. The van der Waals surface area contributed by atoms with Crippen molar-refractivity contribution in [2.45, 2.75) is 27.2 Å². The van der Waals surface area contributed by atoms with Gasteiger partial charge in [-0.1, -0.05) is 78.4 Å². The molecular formula is C22H25N. The molecule has 3 aromatic carbocycles. The van der Waals surface area contributed by atoms with E-state index < -0.39 is 0 Å². The van der Waals surface area contributed by atoms with Crippen LogP contribution in [0.5, 0.6) is 0 Å². The van der Waals surface area contributed by atoms with Crippen LogP contribution in [-0.4, -0.2) is 0 Å². The van der Waals surface area contributed by atoms with Crippen LogP contribution in [0, 0.1) is 20.8 Å². The molecule has 2 N–H and O–H groups in total. The largest absolute Gasteiger partial charge is 0.398 e. The second-order valence-electron chi connectivity index (χ2n) is 5.96. The second-order valence-corrected chi connectivity index (χ2v) is 5.96. The fourth-order valence-electron chi connectivity index (χ4n) is 2.62. The van der Waals surface area contributed by atoms with Crippen LogP contribution in [0.1, 0.15) is 27.8 Å². The highest BCUT2D eigenvalue weighted by molar-refractivity contribution is 5.54. The summed E-state index contributed by atoms with van der Waals surface area (Å²) < 4.78 is 0. The summed E-state index contributed by atoms with van der Waals surface area (Å²) in [6.07, 6.45) is 1.03. The Hall–Kier alpha value is -2.54. The Morgan fingerprint density at radius 2 is 1.04 bits per heavy atom. The lowest BCUT2D eigenvalue weighted by Gasteiger charge is -2.04. The maximum absolute atomic E-state index is 5.75. The van der Waals surface area contributed by atoms with Gasteiger partial charge in [0.05, 0.1) is 0 Å². The van der Waals surface area contributed by atoms with Crippen molar-refractivity contribution < 1.29 is 0 Å². The van der Waals surface area contributed by atoms with Crippen LogP contribution >= 0.6 is 0 Å². The van der Waals surface area contributed by atoms with Gasteiger partial charge in [-0.3, -0.25) is 0 Å². The Balaban J connectivity index is 0.000000174. The first-order chi connectivity index (χ1) is 11.1. The number of anilines is 1. The van der Waals surface area contributed by atoms with Crippen LogP contribution in [0.25, 0.3) is 0 Å². The van der Waals surface area contributed by atoms with E-state index >= 15 is 0 Å².